The van der Waals surface area contributed by atoms with Gasteiger partial charge in [0.15, 0.2) is 10.3 Å². The molecule has 19 heavy (non-hydrogen) atoms. The molecule has 1 amide bonds. The number of alkyl halides is 3. The third kappa shape index (κ3) is 1.81. The molecular weight excluding hydrogens is 301 g/mol. The molecule has 1 atom stereocenters. The molecule has 3 rings (SSSR count). The molecule has 2 aliphatic rings. The van der Waals surface area contributed by atoms with Gasteiger partial charge in [-0.05, 0) is 0 Å². The van der Waals surface area contributed by atoms with Crippen molar-refractivity contribution >= 4 is 39.3 Å². The quantitative estimate of drug-likeness (QED) is 0.904. The Morgan fingerprint density at radius 1 is 1.47 bits per heavy atom. The Morgan fingerprint density at radius 2 is 2.26 bits per heavy atom. The topological polar surface area (TPSA) is 57.6 Å². The van der Waals surface area contributed by atoms with Crippen LogP contribution in [0.25, 0.3) is 0 Å². The molecule has 1 N–H and O–H groups in total. The van der Waals surface area contributed by atoms with Crippen LogP contribution in [-0.4, -0.2) is 45.1 Å². The zero-order valence-corrected chi connectivity index (χ0v) is 10.9. The number of thioether (sulfide) groups is 1. The van der Waals surface area contributed by atoms with Gasteiger partial charge < -0.3 is 5.32 Å². The number of carbonyl (C=O) groups excluding carboxylic acids is 1. The molecule has 1 aromatic rings. The van der Waals surface area contributed by atoms with Gasteiger partial charge in [-0.3, -0.25) is 9.69 Å². The zero-order valence-electron chi connectivity index (χ0n) is 9.27. The number of rotatable bonds is 2. The number of carbonyl (C=O) groups is 1. The first-order valence-corrected chi connectivity index (χ1v) is 7.09. The monoisotopic (exact) mass is 308 g/mol. The van der Waals surface area contributed by atoms with Gasteiger partial charge in [0, 0.05) is 23.9 Å². The van der Waals surface area contributed by atoms with Crippen molar-refractivity contribution in [2.24, 2.45) is 4.99 Å². The van der Waals surface area contributed by atoms with E-state index >= 15 is 0 Å². The molecule has 0 bridgehead atoms. The fourth-order valence-corrected chi connectivity index (χ4v) is 3.41. The van der Waals surface area contributed by atoms with E-state index in [4.69, 9.17) is 0 Å². The Labute approximate surface area is 113 Å². The summed E-state index contributed by atoms with van der Waals surface area (Å²) < 4.78 is 39.9. The highest BCUT2D eigenvalue weighted by Gasteiger charge is 2.67. The first-order valence-electron chi connectivity index (χ1n) is 5.23. The summed E-state index contributed by atoms with van der Waals surface area (Å²) in [7, 11) is 0. The normalized spacial score (nSPS) is 26.6. The van der Waals surface area contributed by atoms with E-state index in [0.717, 1.165) is 28.0 Å². The lowest BCUT2D eigenvalue weighted by atomic mass is 10.1. The Kier molecular flexibility index (Phi) is 2.75. The van der Waals surface area contributed by atoms with E-state index in [-0.39, 0.29) is 16.8 Å². The summed E-state index contributed by atoms with van der Waals surface area (Å²) in [5.74, 6) is -0.523. The Bertz CT molecular complexity index is 544. The highest BCUT2D eigenvalue weighted by Crippen LogP contribution is 2.43. The van der Waals surface area contributed by atoms with Crippen LogP contribution in [0.15, 0.2) is 16.6 Å². The van der Waals surface area contributed by atoms with Crippen molar-refractivity contribution in [3.05, 3.63) is 11.6 Å². The summed E-state index contributed by atoms with van der Waals surface area (Å²) in [5.41, 5.74) is -2.94. The van der Waals surface area contributed by atoms with Crippen molar-refractivity contribution in [3.63, 3.8) is 0 Å². The fourth-order valence-electron chi connectivity index (χ4n) is 1.85. The SMILES string of the molecule is O=C1N2CCSC2=N[C@@]1(Nc1nccs1)C(F)(F)F. The minimum absolute atomic E-state index is 0.0150. The van der Waals surface area contributed by atoms with Crippen LogP contribution in [0.2, 0.25) is 0 Å². The largest absolute Gasteiger partial charge is 0.442 e. The van der Waals surface area contributed by atoms with Gasteiger partial charge in [-0.2, -0.15) is 13.2 Å². The average molecular weight is 308 g/mol. The zero-order chi connectivity index (χ0) is 13.7. The van der Waals surface area contributed by atoms with Crippen LogP contribution in [0.5, 0.6) is 0 Å². The van der Waals surface area contributed by atoms with Crippen molar-refractivity contribution in [1.29, 1.82) is 0 Å². The summed E-state index contributed by atoms with van der Waals surface area (Å²) in [5, 5.41) is 3.80. The van der Waals surface area contributed by atoms with Gasteiger partial charge in [-0.15, -0.1) is 11.3 Å². The molecule has 0 radical (unpaired) electrons. The number of nitrogens with one attached hydrogen (secondary N) is 1. The smallest absolute Gasteiger partial charge is 0.322 e. The standard InChI is InChI=1S/C9H7F3N4OS2/c10-9(11,12)8(14-6-13-1-3-18-6)5(17)16-2-4-19-7(16)15-8/h1,3H,2,4H2,(H,13,14)/t8-/m1/s1. The van der Waals surface area contributed by atoms with Crippen molar-refractivity contribution in [3.8, 4) is 0 Å². The highest BCUT2D eigenvalue weighted by atomic mass is 32.2. The molecule has 0 aliphatic carbocycles. The number of aliphatic imine (C=N–C) groups is 1. The Balaban J connectivity index is 2.04. The van der Waals surface area contributed by atoms with Gasteiger partial charge in [0.2, 0.25) is 0 Å². The first-order chi connectivity index (χ1) is 8.94. The number of thiazole rings is 1. The molecule has 3 heterocycles. The Hall–Kier alpha value is -1.29. The van der Waals surface area contributed by atoms with Crippen molar-refractivity contribution < 1.29 is 18.0 Å². The summed E-state index contributed by atoms with van der Waals surface area (Å²) in [6.07, 6.45) is -3.47. The van der Waals surface area contributed by atoms with Crippen molar-refractivity contribution in [2.75, 3.05) is 17.6 Å². The van der Waals surface area contributed by atoms with Crippen LogP contribution < -0.4 is 5.32 Å². The fraction of sp³-hybridized carbons (Fsp3) is 0.444. The maximum atomic E-state index is 13.3. The summed E-state index contributed by atoms with van der Waals surface area (Å²) in [6, 6.07) is 0. The number of hydrogen-bond donors (Lipinski definition) is 1. The minimum atomic E-state index is -4.83. The minimum Gasteiger partial charge on any atom is -0.322 e. The lowest BCUT2D eigenvalue weighted by molar-refractivity contribution is -0.185. The van der Waals surface area contributed by atoms with Gasteiger partial charge in [-0.25, -0.2) is 9.98 Å². The van der Waals surface area contributed by atoms with Crippen LogP contribution in [0.1, 0.15) is 0 Å². The highest BCUT2D eigenvalue weighted by molar-refractivity contribution is 8.14. The van der Waals surface area contributed by atoms with Crippen molar-refractivity contribution in [2.45, 2.75) is 11.8 Å². The predicted molar refractivity (Wildman–Crippen MR) is 66.1 cm³/mol. The third-order valence-corrected chi connectivity index (χ3v) is 4.37. The van der Waals surface area contributed by atoms with Crippen molar-refractivity contribution in [1.82, 2.24) is 9.88 Å². The maximum absolute atomic E-state index is 13.3. The number of nitrogens with zero attached hydrogens (tertiary/aromatic N) is 3. The van der Waals surface area contributed by atoms with Gasteiger partial charge >= 0.3 is 11.8 Å². The summed E-state index contributed by atoms with van der Waals surface area (Å²) in [4.78, 5) is 20.5. The molecular formula is C9H7F3N4OS2. The second-order valence-corrected chi connectivity index (χ2v) is 5.83. The molecule has 5 nitrogen and oxygen atoms in total. The van der Waals surface area contributed by atoms with E-state index in [9.17, 15) is 18.0 Å². The van der Waals surface area contributed by atoms with Gasteiger partial charge in [-0.1, -0.05) is 11.8 Å². The van der Waals surface area contributed by atoms with Crippen LogP contribution in [0.3, 0.4) is 0 Å². The van der Waals surface area contributed by atoms with Gasteiger partial charge in [0.1, 0.15) is 0 Å². The first kappa shape index (κ1) is 12.7. The second-order valence-electron chi connectivity index (χ2n) is 3.87. The van der Waals surface area contributed by atoms with E-state index in [2.05, 4.69) is 15.3 Å². The van der Waals surface area contributed by atoms with E-state index in [1.165, 1.54) is 11.6 Å². The molecule has 102 valence electrons. The lowest BCUT2D eigenvalue weighted by Gasteiger charge is -2.28. The summed E-state index contributed by atoms with van der Waals surface area (Å²) in [6.45, 7) is 0.250. The molecule has 1 saturated heterocycles. The number of fused-ring (bicyclic) bond motifs is 1. The molecule has 1 aromatic heterocycles. The number of hydrogen-bond acceptors (Lipinski definition) is 6. The van der Waals surface area contributed by atoms with E-state index in [0.29, 0.717) is 5.75 Å². The molecule has 1 fully saturated rings. The molecule has 2 aliphatic heterocycles. The number of amides is 1. The lowest BCUT2D eigenvalue weighted by Crippen LogP contribution is -2.57. The average Bonchev–Trinajstić information content (AvgIpc) is 2.99. The van der Waals surface area contributed by atoms with Crippen LogP contribution in [0.4, 0.5) is 18.3 Å². The molecule has 0 spiro atoms. The number of aromatic nitrogens is 1. The molecule has 0 saturated carbocycles. The van der Waals surface area contributed by atoms with Crippen LogP contribution in [-0.2, 0) is 4.79 Å². The van der Waals surface area contributed by atoms with Gasteiger partial charge in [0.25, 0.3) is 5.91 Å². The van der Waals surface area contributed by atoms with E-state index in [1.807, 2.05) is 0 Å². The maximum Gasteiger partial charge on any atom is 0.442 e. The predicted octanol–water partition coefficient (Wildman–Crippen LogP) is 1.76. The second kappa shape index (κ2) is 4.10. The van der Waals surface area contributed by atoms with Crippen LogP contribution >= 0.6 is 23.1 Å². The molecule has 10 heteroatoms. The number of amidine groups is 1. The molecule has 0 aromatic carbocycles. The summed E-state index contributed by atoms with van der Waals surface area (Å²) >= 11 is 2.13. The Morgan fingerprint density at radius 3 is 2.84 bits per heavy atom. The van der Waals surface area contributed by atoms with E-state index < -0.39 is 17.7 Å². The van der Waals surface area contributed by atoms with E-state index in [1.54, 1.807) is 0 Å². The number of anilines is 1. The number of halogens is 3. The molecule has 0 unspecified atom stereocenters. The van der Waals surface area contributed by atoms with Gasteiger partial charge in [0.05, 0.1) is 0 Å². The third-order valence-electron chi connectivity index (χ3n) is 2.73. The van der Waals surface area contributed by atoms with Crippen LogP contribution in [0, 0.1) is 0 Å².